The first-order valence-electron chi connectivity index (χ1n) is 6.96. The van der Waals surface area contributed by atoms with Crippen LogP contribution in [0.3, 0.4) is 0 Å². The summed E-state index contributed by atoms with van der Waals surface area (Å²) in [5.41, 5.74) is 0.521. The highest BCUT2D eigenvalue weighted by molar-refractivity contribution is 7.95. The number of nitrogens with zero attached hydrogens (tertiary/aromatic N) is 1. The Labute approximate surface area is 129 Å². The molecule has 2 aliphatic rings. The molecule has 1 aliphatic carbocycles. The minimum Gasteiger partial charge on any atom is -0.495 e. The Morgan fingerprint density at radius 1 is 1.52 bits per heavy atom. The lowest BCUT2D eigenvalue weighted by molar-refractivity contribution is -0.785. The minimum atomic E-state index is -1.08. The zero-order valence-electron chi connectivity index (χ0n) is 12.7. The second kappa shape index (κ2) is 6.29. The molecule has 0 aromatic rings. The molecule has 0 aromatic carbocycles. The molecule has 0 bridgehead atoms. The molecule has 1 amide bonds. The summed E-state index contributed by atoms with van der Waals surface area (Å²) in [7, 11) is 3.78. The van der Waals surface area contributed by atoms with Crippen molar-refractivity contribution in [2.75, 3.05) is 40.5 Å². The van der Waals surface area contributed by atoms with Gasteiger partial charge >= 0.3 is 6.09 Å². The monoisotopic (exact) mass is 315 g/mol. The van der Waals surface area contributed by atoms with Gasteiger partial charge in [0.05, 0.1) is 49.8 Å². The van der Waals surface area contributed by atoms with Crippen LogP contribution in [0.1, 0.15) is 13.3 Å². The Morgan fingerprint density at radius 2 is 2.19 bits per heavy atom. The second-order valence-corrected chi connectivity index (χ2v) is 7.72. The van der Waals surface area contributed by atoms with Gasteiger partial charge in [0.15, 0.2) is 0 Å². The highest BCUT2D eigenvalue weighted by atomic mass is 32.2. The molecule has 1 atom stereocenters. The third-order valence-corrected chi connectivity index (χ3v) is 5.23. The molecular formula is C14H23N2O4S+. The highest BCUT2D eigenvalue weighted by Gasteiger charge is 2.39. The molecule has 0 spiro atoms. The third-order valence-electron chi connectivity index (χ3n) is 3.72. The van der Waals surface area contributed by atoms with Crippen LogP contribution in [0.4, 0.5) is 4.79 Å². The Hall–Kier alpha value is -1.18. The van der Waals surface area contributed by atoms with Crippen LogP contribution in [0, 0.1) is 0 Å². The number of carbonyl (C=O) groups is 1. The number of hydrogen-bond donors (Lipinski definition) is 2. The average molecular weight is 315 g/mol. The fourth-order valence-electron chi connectivity index (χ4n) is 2.60. The maximum Gasteiger partial charge on any atom is 0.409 e. The summed E-state index contributed by atoms with van der Waals surface area (Å²) < 4.78 is 11.5. The Bertz CT molecular complexity index is 472. The van der Waals surface area contributed by atoms with E-state index in [0.29, 0.717) is 11.5 Å². The van der Waals surface area contributed by atoms with Crippen molar-refractivity contribution in [3.63, 3.8) is 0 Å². The van der Waals surface area contributed by atoms with Gasteiger partial charge in [-0.25, -0.2) is 4.79 Å². The standard InChI is InChI=1S/C14H22N2O4S/c1-14(21-16(2)6-8-20-9-7-16)5-4-11(15-13(17)18)12(10-14)19-3/h4,10,15H,5-9H2,1-3H3/p+1. The largest absolute Gasteiger partial charge is 0.495 e. The van der Waals surface area contributed by atoms with Crippen LogP contribution in [0.15, 0.2) is 23.6 Å². The summed E-state index contributed by atoms with van der Waals surface area (Å²) in [6, 6.07) is 0. The fraction of sp³-hybridized carbons (Fsp3) is 0.643. The predicted octanol–water partition coefficient (Wildman–Crippen LogP) is 1.96. The van der Waals surface area contributed by atoms with Gasteiger partial charge in [-0.3, -0.25) is 9.21 Å². The van der Waals surface area contributed by atoms with Gasteiger partial charge in [-0.05, 0) is 19.4 Å². The summed E-state index contributed by atoms with van der Waals surface area (Å²) in [4.78, 5) is 10.8. The quantitative estimate of drug-likeness (QED) is 0.613. The van der Waals surface area contributed by atoms with Gasteiger partial charge in [0.25, 0.3) is 0 Å². The van der Waals surface area contributed by atoms with E-state index >= 15 is 0 Å². The first-order valence-corrected chi connectivity index (χ1v) is 7.74. The molecule has 1 heterocycles. The first kappa shape index (κ1) is 16.2. The van der Waals surface area contributed by atoms with E-state index in [-0.39, 0.29) is 4.75 Å². The Balaban J connectivity index is 2.11. The number of morpholine rings is 1. The number of quaternary nitrogens is 1. The number of hydrogen-bond acceptors (Lipinski definition) is 4. The van der Waals surface area contributed by atoms with E-state index < -0.39 is 6.09 Å². The second-order valence-electron chi connectivity index (χ2n) is 5.73. The molecule has 2 rings (SSSR count). The van der Waals surface area contributed by atoms with Gasteiger partial charge in [0.1, 0.15) is 18.8 Å². The van der Waals surface area contributed by atoms with Gasteiger partial charge in [0, 0.05) is 0 Å². The molecule has 1 fully saturated rings. The molecule has 2 N–H and O–H groups in total. The van der Waals surface area contributed by atoms with Crippen LogP contribution in [0.5, 0.6) is 0 Å². The molecule has 21 heavy (non-hydrogen) atoms. The summed E-state index contributed by atoms with van der Waals surface area (Å²) >= 11 is 1.87. The van der Waals surface area contributed by atoms with Crippen molar-refractivity contribution in [2.45, 2.75) is 18.1 Å². The molecule has 7 heteroatoms. The van der Waals surface area contributed by atoms with Gasteiger partial charge in [-0.1, -0.05) is 6.08 Å². The van der Waals surface area contributed by atoms with Crippen molar-refractivity contribution >= 4 is 18.0 Å². The van der Waals surface area contributed by atoms with E-state index in [1.54, 1.807) is 7.11 Å². The van der Waals surface area contributed by atoms with Gasteiger partial charge in [0.2, 0.25) is 0 Å². The molecule has 6 nitrogen and oxygen atoms in total. The van der Waals surface area contributed by atoms with E-state index in [9.17, 15) is 4.79 Å². The number of methoxy groups -OCH3 is 1. The van der Waals surface area contributed by atoms with Crippen molar-refractivity contribution < 1.29 is 23.3 Å². The van der Waals surface area contributed by atoms with E-state index in [4.69, 9.17) is 14.6 Å². The average Bonchev–Trinajstić information content (AvgIpc) is 2.40. The van der Waals surface area contributed by atoms with Crippen molar-refractivity contribution in [1.82, 2.24) is 5.32 Å². The van der Waals surface area contributed by atoms with E-state index in [0.717, 1.165) is 36.6 Å². The molecule has 1 unspecified atom stereocenters. The van der Waals surface area contributed by atoms with Crippen LogP contribution in [0.2, 0.25) is 0 Å². The van der Waals surface area contributed by atoms with Crippen LogP contribution < -0.4 is 5.32 Å². The summed E-state index contributed by atoms with van der Waals surface area (Å²) in [6.45, 7) is 5.66. The smallest absolute Gasteiger partial charge is 0.409 e. The topological polar surface area (TPSA) is 67.8 Å². The molecular weight excluding hydrogens is 292 g/mol. The number of rotatable bonds is 4. The summed E-state index contributed by atoms with van der Waals surface area (Å²) in [6.07, 6.45) is 3.59. The number of nitrogens with one attached hydrogen (secondary N) is 1. The van der Waals surface area contributed by atoms with Gasteiger partial charge < -0.3 is 14.6 Å². The van der Waals surface area contributed by atoms with E-state index in [1.165, 1.54) is 0 Å². The number of allylic oxidation sites excluding steroid dienone is 1. The van der Waals surface area contributed by atoms with Gasteiger partial charge in [-0.15, -0.1) is 0 Å². The maximum absolute atomic E-state index is 10.8. The molecule has 1 saturated heterocycles. The third kappa shape index (κ3) is 4.15. The first-order chi connectivity index (χ1) is 9.86. The Kier molecular flexibility index (Phi) is 4.85. The predicted molar refractivity (Wildman–Crippen MR) is 81.7 cm³/mol. The van der Waals surface area contributed by atoms with E-state index in [2.05, 4.69) is 19.3 Å². The zero-order valence-corrected chi connectivity index (χ0v) is 13.5. The number of ether oxygens (including phenoxy) is 2. The van der Waals surface area contributed by atoms with Gasteiger partial charge in [-0.2, -0.15) is 0 Å². The number of amides is 1. The lowest BCUT2D eigenvalue weighted by atomic mass is 9.99. The summed E-state index contributed by atoms with van der Waals surface area (Å²) in [5.74, 6) is 0.582. The highest BCUT2D eigenvalue weighted by Crippen LogP contribution is 2.42. The maximum atomic E-state index is 10.8. The Morgan fingerprint density at radius 3 is 2.76 bits per heavy atom. The van der Waals surface area contributed by atoms with Crippen LogP contribution in [0.25, 0.3) is 0 Å². The lowest BCUT2D eigenvalue weighted by Crippen LogP contribution is -2.49. The molecule has 0 radical (unpaired) electrons. The molecule has 0 saturated carbocycles. The van der Waals surface area contributed by atoms with Crippen LogP contribution >= 0.6 is 11.9 Å². The van der Waals surface area contributed by atoms with Crippen molar-refractivity contribution in [3.05, 3.63) is 23.6 Å². The van der Waals surface area contributed by atoms with Crippen molar-refractivity contribution in [1.29, 1.82) is 0 Å². The zero-order chi connectivity index (χ0) is 15.5. The molecule has 118 valence electrons. The molecule has 0 aromatic heterocycles. The normalized spacial score (nSPS) is 28.3. The van der Waals surface area contributed by atoms with E-state index in [1.807, 2.05) is 24.1 Å². The number of likely N-dealkylation sites (N-methyl/N-ethyl adjacent to an activating group) is 1. The lowest BCUT2D eigenvalue weighted by Gasteiger charge is -2.41. The van der Waals surface area contributed by atoms with Crippen molar-refractivity contribution in [3.8, 4) is 0 Å². The number of carboxylic acid groups (broad SMARTS) is 1. The minimum absolute atomic E-state index is 0.124. The summed E-state index contributed by atoms with van der Waals surface area (Å²) in [5, 5.41) is 11.2. The van der Waals surface area contributed by atoms with Crippen molar-refractivity contribution in [2.24, 2.45) is 0 Å². The fourth-order valence-corrected chi connectivity index (χ4v) is 4.26. The molecule has 1 aliphatic heterocycles. The van der Waals surface area contributed by atoms with Crippen LogP contribution in [-0.4, -0.2) is 60.3 Å². The SMILES string of the molecule is COC1=CC(C)(S[N+]2(C)CCOCC2)CC=C1NC(=O)O. The van der Waals surface area contributed by atoms with Crippen LogP contribution in [-0.2, 0) is 9.47 Å².